The molecule has 3 aromatic carbocycles. The smallest absolute Gasteiger partial charge is 0.251 e. The summed E-state index contributed by atoms with van der Waals surface area (Å²) in [5, 5.41) is 2.15. The number of aromatic amines is 1. The van der Waals surface area contributed by atoms with Gasteiger partial charge < -0.3 is 14.5 Å². The van der Waals surface area contributed by atoms with Crippen molar-refractivity contribution in [3.63, 3.8) is 0 Å². The van der Waals surface area contributed by atoms with Gasteiger partial charge in [-0.05, 0) is 29.0 Å². The van der Waals surface area contributed by atoms with Crippen molar-refractivity contribution in [3.8, 4) is 28.4 Å². The number of nitrogens with one attached hydrogen (secondary N) is 1. The minimum absolute atomic E-state index is 0. The standard InChI is InChI=1S/C26H25N3O3.ClH/c30-25-18-24(19-4-2-1-3-5-19)27-26(28-25)22-7-6-21-17-23(9-8-20(21)16-22)32-15-12-29-10-13-31-14-11-29;/h1-9,16-18H,10-15H2,(H,27,28,30);1H. The van der Waals surface area contributed by atoms with E-state index in [0.717, 1.165) is 60.5 Å². The van der Waals surface area contributed by atoms with Gasteiger partial charge in [0, 0.05) is 36.8 Å². The monoisotopic (exact) mass is 463 g/mol. The molecule has 1 saturated heterocycles. The van der Waals surface area contributed by atoms with E-state index in [9.17, 15) is 4.79 Å². The van der Waals surface area contributed by atoms with Crippen LogP contribution in [0, 0.1) is 0 Å². The Balaban J connectivity index is 0.00000259. The molecule has 0 spiro atoms. The van der Waals surface area contributed by atoms with Crippen molar-refractivity contribution < 1.29 is 9.47 Å². The molecule has 5 rings (SSSR count). The zero-order valence-corrected chi connectivity index (χ0v) is 19.0. The van der Waals surface area contributed by atoms with Crippen LogP contribution in [0.15, 0.2) is 77.6 Å². The molecule has 1 N–H and O–H groups in total. The molecule has 6 nitrogen and oxygen atoms in total. The molecule has 170 valence electrons. The summed E-state index contributed by atoms with van der Waals surface area (Å²) in [5.74, 6) is 1.42. The highest BCUT2D eigenvalue weighted by atomic mass is 35.5. The van der Waals surface area contributed by atoms with Crippen molar-refractivity contribution in [2.24, 2.45) is 0 Å². The third-order valence-corrected chi connectivity index (χ3v) is 5.68. The molecule has 0 saturated carbocycles. The van der Waals surface area contributed by atoms with Crippen LogP contribution >= 0.6 is 12.4 Å². The zero-order chi connectivity index (χ0) is 21.8. The SMILES string of the molecule is Cl.O=c1cc(-c2ccccc2)nc(-c2ccc3cc(OCCN4CCOCC4)ccc3c2)[nH]1. The van der Waals surface area contributed by atoms with Crippen LogP contribution in [-0.4, -0.2) is 54.3 Å². The lowest BCUT2D eigenvalue weighted by Crippen LogP contribution is -2.38. The van der Waals surface area contributed by atoms with E-state index in [-0.39, 0.29) is 18.0 Å². The maximum Gasteiger partial charge on any atom is 0.251 e. The Kier molecular flexibility index (Phi) is 7.40. The van der Waals surface area contributed by atoms with Crippen molar-refractivity contribution in [1.82, 2.24) is 14.9 Å². The molecule has 0 atom stereocenters. The van der Waals surface area contributed by atoms with Gasteiger partial charge >= 0.3 is 0 Å². The number of aromatic nitrogens is 2. The van der Waals surface area contributed by atoms with Crippen molar-refractivity contribution in [2.75, 3.05) is 39.5 Å². The summed E-state index contributed by atoms with van der Waals surface area (Å²) in [6.07, 6.45) is 0. The third kappa shape index (κ3) is 5.60. The number of hydrogen-bond donors (Lipinski definition) is 1. The van der Waals surface area contributed by atoms with Gasteiger partial charge in [-0.1, -0.05) is 48.5 Å². The fourth-order valence-electron chi connectivity index (χ4n) is 3.93. The molecule has 33 heavy (non-hydrogen) atoms. The van der Waals surface area contributed by atoms with Crippen LogP contribution in [0.4, 0.5) is 0 Å². The normalized spacial score (nSPS) is 14.1. The van der Waals surface area contributed by atoms with E-state index >= 15 is 0 Å². The Morgan fingerprint density at radius 1 is 0.909 bits per heavy atom. The van der Waals surface area contributed by atoms with E-state index in [1.165, 1.54) is 6.07 Å². The lowest BCUT2D eigenvalue weighted by atomic mass is 10.1. The molecule has 0 bridgehead atoms. The van der Waals surface area contributed by atoms with E-state index in [1.54, 1.807) is 0 Å². The fraction of sp³-hybridized carbons (Fsp3) is 0.231. The maximum absolute atomic E-state index is 12.3. The van der Waals surface area contributed by atoms with Crippen molar-refractivity contribution in [2.45, 2.75) is 0 Å². The molecule has 7 heteroatoms. The van der Waals surface area contributed by atoms with Crippen LogP contribution in [0.5, 0.6) is 5.75 Å². The first-order valence-corrected chi connectivity index (χ1v) is 10.9. The first-order valence-electron chi connectivity index (χ1n) is 10.9. The van der Waals surface area contributed by atoms with Crippen LogP contribution in [-0.2, 0) is 4.74 Å². The second-order valence-corrected chi connectivity index (χ2v) is 7.87. The molecule has 0 unspecified atom stereocenters. The molecule has 4 aromatic rings. The predicted molar refractivity (Wildman–Crippen MR) is 133 cm³/mol. The number of hydrogen-bond acceptors (Lipinski definition) is 5. The largest absolute Gasteiger partial charge is 0.492 e. The van der Waals surface area contributed by atoms with Gasteiger partial charge in [0.2, 0.25) is 0 Å². The molecule has 1 aromatic heterocycles. The molecule has 0 amide bonds. The van der Waals surface area contributed by atoms with Gasteiger partial charge in [-0.2, -0.15) is 0 Å². The second-order valence-electron chi connectivity index (χ2n) is 7.87. The number of fused-ring (bicyclic) bond motifs is 1. The lowest BCUT2D eigenvalue weighted by Gasteiger charge is -2.26. The van der Waals surface area contributed by atoms with Gasteiger partial charge in [-0.3, -0.25) is 9.69 Å². The van der Waals surface area contributed by atoms with E-state index in [0.29, 0.717) is 18.1 Å². The van der Waals surface area contributed by atoms with Gasteiger partial charge in [-0.25, -0.2) is 4.98 Å². The topological polar surface area (TPSA) is 67.4 Å². The summed E-state index contributed by atoms with van der Waals surface area (Å²) in [6.45, 7) is 5.08. The minimum Gasteiger partial charge on any atom is -0.492 e. The number of H-pyrrole nitrogens is 1. The number of benzene rings is 3. The van der Waals surface area contributed by atoms with Crippen LogP contribution in [0.25, 0.3) is 33.4 Å². The molecular weight excluding hydrogens is 438 g/mol. The minimum atomic E-state index is -0.169. The van der Waals surface area contributed by atoms with Gasteiger partial charge in [0.25, 0.3) is 5.56 Å². The summed E-state index contributed by atoms with van der Waals surface area (Å²) in [6, 6.07) is 23.4. The first kappa shape index (κ1) is 23.0. The first-order chi connectivity index (χ1) is 15.7. The van der Waals surface area contributed by atoms with Crippen molar-refractivity contribution >= 4 is 23.2 Å². The summed E-state index contributed by atoms with van der Waals surface area (Å²) in [5.41, 5.74) is 2.28. The Hall–Kier alpha value is -3.19. The summed E-state index contributed by atoms with van der Waals surface area (Å²) >= 11 is 0. The summed E-state index contributed by atoms with van der Waals surface area (Å²) in [4.78, 5) is 22.2. The summed E-state index contributed by atoms with van der Waals surface area (Å²) in [7, 11) is 0. The Bertz CT molecular complexity index is 1270. The van der Waals surface area contributed by atoms with Crippen LogP contribution < -0.4 is 10.3 Å². The van der Waals surface area contributed by atoms with E-state index in [4.69, 9.17) is 9.47 Å². The van der Waals surface area contributed by atoms with Gasteiger partial charge in [0.05, 0.1) is 18.9 Å². The maximum atomic E-state index is 12.3. The highest BCUT2D eigenvalue weighted by molar-refractivity contribution is 5.87. The van der Waals surface area contributed by atoms with Crippen LogP contribution in [0.3, 0.4) is 0 Å². The number of morpholine rings is 1. The second kappa shape index (κ2) is 10.6. The highest BCUT2D eigenvalue weighted by Crippen LogP contribution is 2.26. The molecule has 0 aliphatic carbocycles. The van der Waals surface area contributed by atoms with E-state index in [1.807, 2.05) is 60.7 Å². The molecule has 1 aliphatic rings. The average Bonchev–Trinajstić information content (AvgIpc) is 2.84. The van der Waals surface area contributed by atoms with Gasteiger partial charge in [0.15, 0.2) is 0 Å². The molecule has 0 radical (unpaired) electrons. The van der Waals surface area contributed by atoms with E-state index < -0.39 is 0 Å². The number of rotatable bonds is 6. The summed E-state index contributed by atoms with van der Waals surface area (Å²) < 4.78 is 11.4. The van der Waals surface area contributed by atoms with Crippen LogP contribution in [0.2, 0.25) is 0 Å². The highest BCUT2D eigenvalue weighted by Gasteiger charge is 2.10. The number of ether oxygens (including phenoxy) is 2. The Morgan fingerprint density at radius 3 is 2.48 bits per heavy atom. The molecule has 2 heterocycles. The average molecular weight is 464 g/mol. The van der Waals surface area contributed by atoms with Crippen molar-refractivity contribution in [3.05, 3.63) is 83.2 Å². The molecule has 1 aliphatic heterocycles. The Morgan fingerprint density at radius 2 is 1.67 bits per heavy atom. The number of nitrogens with zero attached hydrogens (tertiary/aromatic N) is 2. The Labute approximate surface area is 198 Å². The lowest BCUT2D eigenvalue weighted by molar-refractivity contribution is 0.0322. The quantitative estimate of drug-likeness (QED) is 0.459. The zero-order valence-electron chi connectivity index (χ0n) is 18.2. The van der Waals surface area contributed by atoms with Gasteiger partial charge in [0.1, 0.15) is 18.2 Å². The van der Waals surface area contributed by atoms with Gasteiger partial charge in [-0.15, -0.1) is 12.4 Å². The molecular formula is C26H26ClN3O3. The third-order valence-electron chi connectivity index (χ3n) is 5.68. The van der Waals surface area contributed by atoms with Crippen molar-refractivity contribution in [1.29, 1.82) is 0 Å². The fourth-order valence-corrected chi connectivity index (χ4v) is 3.93. The predicted octanol–water partition coefficient (Wildman–Crippen LogP) is 4.39. The van der Waals surface area contributed by atoms with E-state index in [2.05, 4.69) is 20.9 Å². The number of halogens is 1. The molecule has 1 fully saturated rings. The van der Waals surface area contributed by atoms with Crippen LogP contribution in [0.1, 0.15) is 0 Å².